The van der Waals surface area contributed by atoms with Gasteiger partial charge >= 0.3 is 0 Å². The molecule has 0 unspecified atom stereocenters. The number of aryl methyl sites for hydroxylation is 2. The maximum atomic E-state index is 11.6. The fourth-order valence-corrected chi connectivity index (χ4v) is 3.73. The second-order valence-corrected chi connectivity index (χ2v) is 7.37. The third-order valence-electron chi connectivity index (χ3n) is 2.93. The summed E-state index contributed by atoms with van der Waals surface area (Å²) in [6.45, 7) is 4.12. The van der Waals surface area contributed by atoms with E-state index in [0.29, 0.717) is 5.65 Å². The Morgan fingerprint density at radius 3 is 2.45 bits per heavy atom. The van der Waals surface area contributed by atoms with Crippen molar-refractivity contribution in [2.24, 2.45) is 0 Å². The van der Waals surface area contributed by atoms with Gasteiger partial charge in [0.1, 0.15) is 0 Å². The Hall–Kier alpha value is -0.850. The van der Waals surface area contributed by atoms with Crippen LogP contribution in [-0.2, 0) is 21.9 Å². The zero-order valence-corrected chi connectivity index (χ0v) is 13.6. The number of nitrogens with zero attached hydrogens (tertiary/aromatic N) is 3. The van der Waals surface area contributed by atoms with Gasteiger partial charge in [-0.2, -0.15) is 9.61 Å². The number of rotatable bonds is 5. The number of imidazole rings is 1. The molecule has 2 heterocycles. The fourth-order valence-electron chi connectivity index (χ4n) is 2.14. The van der Waals surface area contributed by atoms with Crippen LogP contribution in [0.5, 0.6) is 0 Å². The first-order valence-corrected chi connectivity index (χ1v) is 9.08. The van der Waals surface area contributed by atoms with Crippen LogP contribution >= 0.6 is 22.3 Å². The smallest absolute Gasteiger partial charge is 0.214 e. The lowest BCUT2D eigenvalue weighted by Gasteiger charge is -2.08. The molecule has 0 saturated heterocycles. The summed E-state index contributed by atoms with van der Waals surface area (Å²) in [7, 11) is 1.41. The lowest BCUT2D eigenvalue weighted by Crippen LogP contribution is -2.07. The van der Waals surface area contributed by atoms with Gasteiger partial charge in [-0.1, -0.05) is 38.3 Å². The molecule has 0 atom stereocenters. The molecule has 0 aliphatic rings. The van der Waals surface area contributed by atoms with Gasteiger partial charge < -0.3 is 0 Å². The summed E-state index contributed by atoms with van der Waals surface area (Å²) in [5.41, 5.74) is 2.33. The number of hydrogen-bond acceptors (Lipinski definition) is 4. The molecule has 0 spiro atoms. The van der Waals surface area contributed by atoms with E-state index in [1.165, 1.54) is 4.52 Å². The molecule has 110 valence electrons. The Morgan fingerprint density at radius 2 is 1.90 bits per heavy atom. The largest absolute Gasteiger partial charge is 0.281 e. The molecule has 0 radical (unpaired) electrons. The maximum absolute atomic E-state index is 11.6. The van der Waals surface area contributed by atoms with Crippen molar-refractivity contribution in [3.63, 3.8) is 0 Å². The second-order valence-electron chi connectivity index (χ2n) is 4.53. The molecule has 0 amide bonds. The molecular formula is C12H15Cl2N3O2S. The SMILES string of the molecule is CCCc1cc2nc(Cl)c(S(=O)(=O)Cl)n2nc1CCC. The number of hydrogen-bond donors (Lipinski definition) is 0. The van der Waals surface area contributed by atoms with E-state index >= 15 is 0 Å². The molecule has 8 heteroatoms. The van der Waals surface area contributed by atoms with Gasteiger partial charge in [-0.05, 0) is 24.5 Å². The third-order valence-corrected chi connectivity index (χ3v) is 4.57. The van der Waals surface area contributed by atoms with Crippen LogP contribution in [0.2, 0.25) is 5.15 Å². The van der Waals surface area contributed by atoms with Crippen molar-refractivity contribution in [1.29, 1.82) is 0 Å². The summed E-state index contributed by atoms with van der Waals surface area (Å²) in [6, 6.07) is 1.83. The Labute approximate surface area is 127 Å². The summed E-state index contributed by atoms with van der Waals surface area (Å²) in [6.07, 6.45) is 3.53. The first-order valence-electron chi connectivity index (χ1n) is 6.40. The molecule has 0 aliphatic heterocycles. The van der Waals surface area contributed by atoms with Gasteiger partial charge in [-0.25, -0.2) is 13.4 Å². The summed E-state index contributed by atoms with van der Waals surface area (Å²) in [5, 5.41) is 3.96. The van der Waals surface area contributed by atoms with Gasteiger partial charge in [-0.15, -0.1) is 0 Å². The quantitative estimate of drug-likeness (QED) is 0.787. The fraction of sp³-hybridized carbons (Fsp3) is 0.500. The van der Waals surface area contributed by atoms with Crippen LogP contribution in [-0.4, -0.2) is 23.0 Å². The van der Waals surface area contributed by atoms with E-state index in [1.807, 2.05) is 13.0 Å². The van der Waals surface area contributed by atoms with Crippen molar-refractivity contribution < 1.29 is 8.42 Å². The normalized spacial score (nSPS) is 12.2. The minimum Gasteiger partial charge on any atom is -0.214 e. The molecule has 2 aromatic rings. The average Bonchev–Trinajstić information content (AvgIpc) is 2.65. The zero-order chi connectivity index (χ0) is 14.9. The predicted molar refractivity (Wildman–Crippen MR) is 79.0 cm³/mol. The Morgan fingerprint density at radius 1 is 1.25 bits per heavy atom. The molecule has 5 nitrogen and oxygen atoms in total. The van der Waals surface area contributed by atoms with Crippen LogP contribution in [0, 0.1) is 0 Å². The molecule has 20 heavy (non-hydrogen) atoms. The van der Waals surface area contributed by atoms with Crippen LogP contribution in [0.1, 0.15) is 37.9 Å². The van der Waals surface area contributed by atoms with E-state index in [0.717, 1.165) is 36.9 Å². The van der Waals surface area contributed by atoms with Crippen LogP contribution < -0.4 is 0 Å². The van der Waals surface area contributed by atoms with Crippen LogP contribution in [0.3, 0.4) is 0 Å². The Bertz CT molecular complexity index is 741. The molecule has 0 saturated carbocycles. The first-order chi connectivity index (χ1) is 9.38. The molecule has 0 aromatic carbocycles. The van der Waals surface area contributed by atoms with E-state index in [9.17, 15) is 8.42 Å². The van der Waals surface area contributed by atoms with Gasteiger partial charge in [0.05, 0.1) is 5.69 Å². The highest BCUT2D eigenvalue weighted by Crippen LogP contribution is 2.26. The van der Waals surface area contributed by atoms with Crippen molar-refractivity contribution in [1.82, 2.24) is 14.6 Å². The second kappa shape index (κ2) is 5.87. The number of halogens is 2. The highest BCUT2D eigenvalue weighted by atomic mass is 35.7. The van der Waals surface area contributed by atoms with E-state index in [4.69, 9.17) is 22.3 Å². The van der Waals surface area contributed by atoms with Gasteiger partial charge in [0.2, 0.25) is 5.03 Å². The molecule has 0 fully saturated rings. The summed E-state index contributed by atoms with van der Waals surface area (Å²) < 4.78 is 24.4. The average molecular weight is 336 g/mol. The Balaban J connectivity index is 2.74. The van der Waals surface area contributed by atoms with Gasteiger partial charge in [0.15, 0.2) is 10.8 Å². The molecule has 2 rings (SSSR count). The molecule has 2 aromatic heterocycles. The topological polar surface area (TPSA) is 64.3 Å². The Kier molecular flexibility index (Phi) is 4.56. The van der Waals surface area contributed by atoms with Gasteiger partial charge in [-0.3, -0.25) is 0 Å². The van der Waals surface area contributed by atoms with Crippen molar-refractivity contribution in [3.05, 3.63) is 22.5 Å². The highest BCUT2D eigenvalue weighted by molar-refractivity contribution is 8.13. The predicted octanol–water partition coefficient (Wildman–Crippen LogP) is 3.22. The standard InChI is InChI=1S/C12H15Cl2N3O2S/c1-3-5-8-7-10-15-11(13)12(20(14,18)19)17(10)16-9(8)6-4-2/h7H,3-6H2,1-2H3. The van der Waals surface area contributed by atoms with Crippen molar-refractivity contribution in [2.75, 3.05) is 0 Å². The summed E-state index contributed by atoms with van der Waals surface area (Å²) >= 11 is 5.88. The van der Waals surface area contributed by atoms with Crippen LogP contribution in [0.15, 0.2) is 11.1 Å². The van der Waals surface area contributed by atoms with Gasteiger partial charge in [0, 0.05) is 10.7 Å². The van der Waals surface area contributed by atoms with E-state index < -0.39 is 9.05 Å². The molecule has 0 aliphatic carbocycles. The maximum Gasteiger partial charge on any atom is 0.281 e. The first kappa shape index (κ1) is 15.5. The monoisotopic (exact) mass is 335 g/mol. The van der Waals surface area contributed by atoms with E-state index in [1.54, 1.807) is 0 Å². The number of aromatic nitrogens is 3. The highest BCUT2D eigenvalue weighted by Gasteiger charge is 2.24. The van der Waals surface area contributed by atoms with Crippen LogP contribution in [0.25, 0.3) is 5.65 Å². The van der Waals surface area contributed by atoms with Crippen molar-refractivity contribution in [3.8, 4) is 0 Å². The molecular weight excluding hydrogens is 321 g/mol. The summed E-state index contributed by atoms with van der Waals surface area (Å²) in [4.78, 5) is 4.03. The van der Waals surface area contributed by atoms with Crippen molar-refractivity contribution in [2.45, 2.75) is 44.6 Å². The minimum atomic E-state index is -4.00. The zero-order valence-electron chi connectivity index (χ0n) is 11.2. The summed E-state index contributed by atoms with van der Waals surface area (Å²) in [5.74, 6) is 0. The number of fused-ring (bicyclic) bond motifs is 1. The molecule has 0 N–H and O–H groups in total. The lowest BCUT2D eigenvalue weighted by molar-refractivity contribution is 0.601. The minimum absolute atomic E-state index is 0.149. The van der Waals surface area contributed by atoms with E-state index in [-0.39, 0.29) is 10.2 Å². The van der Waals surface area contributed by atoms with Crippen molar-refractivity contribution >= 4 is 37.0 Å². The third kappa shape index (κ3) is 2.92. The van der Waals surface area contributed by atoms with E-state index in [2.05, 4.69) is 17.0 Å². The molecule has 0 bridgehead atoms. The van der Waals surface area contributed by atoms with Gasteiger partial charge in [0.25, 0.3) is 9.05 Å². The van der Waals surface area contributed by atoms with Crippen LogP contribution in [0.4, 0.5) is 0 Å². The lowest BCUT2D eigenvalue weighted by atomic mass is 10.1.